The van der Waals surface area contributed by atoms with E-state index in [1.165, 1.54) is 10.6 Å². The standard InChI is InChI=1S/C22H28N2O5S/c1-4-28-20-12-11-17(15-21(20)29-5-2)16-22(25)23-13-8-14-24(30(3,26)27)19-10-7-6-9-18(19)23/h6-7,9-12,15H,4-5,8,13-14,16H2,1-3H3. The molecule has 1 amide bonds. The summed E-state index contributed by atoms with van der Waals surface area (Å²) in [6, 6.07) is 12.6. The third-order valence-electron chi connectivity index (χ3n) is 4.85. The van der Waals surface area contributed by atoms with E-state index in [9.17, 15) is 13.2 Å². The van der Waals surface area contributed by atoms with E-state index in [0.29, 0.717) is 55.6 Å². The number of amides is 1. The Morgan fingerprint density at radius 2 is 1.63 bits per heavy atom. The van der Waals surface area contributed by atoms with Crippen LogP contribution < -0.4 is 18.7 Å². The molecule has 2 aromatic carbocycles. The molecule has 0 saturated carbocycles. The average Bonchev–Trinajstić information content (AvgIpc) is 2.90. The zero-order valence-corrected chi connectivity index (χ0v) is 18.4. The summed E-state index contributed by atoms with van der Waals surface area (Å²) in [6.45, 7) is 5.63. The molecule has 0 fully saturated rings. The summed E-state index contributed by atoms with van der Waals surface area (Å²) in [5, 5.41) is 0. The summed E-state index contributed by atoms with van der Waals surface area (Å²) in [6.07, 6.45) is 1.93. The van der Waals surface area contributed by atoms with Crippen molar-refractivity contribution in [3.63, 3.8) is 0 Å². The Morgan fingerprint density at radius 3 is 2.30 bits per heavy atom. The topological polar surface area (TPSA) is 76.2 Å². The van der Waals surface area contributed by atoms with E-state index < -0.39 is 10.0 Å². The number of sulfonamides is 1. The highest BCUT2D eigenvalue weighted by atomic mass is 32.2. The molecule has 0 unspecified atom stereocenters. The molecule has 3 rings (SSSR count). The Hall–Kier alpha value is -2.74. The fourth-order valence-electron chi connectivity index (χ4n) is 3.60. The van der Waals surface area contributed by atoms with Crippen LogP contribution in [0.25, 0.3) is 0 Å². The van der Waals surface area contributed by atoms with Crippen LogP contribution in [-0.2, 0) is 21.2 Å². The summed E-state index contributed by atoms with van der Waals surface area (Å²) in [4.78, 5) is 14.9. The molecule has 0 bridgehead atoms. The van der Waals surface area contributed by atoms with Gasteiger partial charge >= 0.3 is 0 Å². The first-order valence-electron chi connectivity index (χ1n) is 10.1. The van der Waals surface area contributed by atoms with Crippen molar-refractivity contribution in [1.29, 1.82) is 0 Å². The van der Waals surface area contributed by atoms with E-state index in [-0.39, 0.29) is 12.3 Å². The van der Waals surface area contributed by atoms with Crippen molar-refractivity contribution in [2.24, 2.45) is 0 Å². The summed E-state index contributed by atoms with van der Waals surface area (Å²) < 4.78 is 37.1. The van der Waals surface area contributed by atoms with Gasteiger partial charge in [-0.3, -0.25) is 9.10 Å². The number of hydrogen-bond donors (Lipinski definition) is 0. The van der Waals surface area contributed by atoms with Gasteiger partial charge in [0.25, 0.3) is 0 Å². The lowest BCUT2D eigenvalue weighted by Crippen LogP contribution is -2.32. The van der Waals surface area contributed by atoms with E-state index >= 15 is 0 Å². The molecule has 30 heavy (non-hydrogen) atoms. The highest BCUT2D eigenvalue weighted by molar-refractivity contribution is 7.92. The predicted octanol–water partition coefficient (Wildman–Crippen LogP) is 3.23. The Morgan fingerprint density at radius 1 is 0.967 bits per heavy atom. The van der Waals surface area contributed by atoms with Gasteiger partial charge in [-0.15, -0.1) is 0 Å². The second-order valence-corrected chi connectivity index (χ2v) is 8.95. The maximum absolute atomic E-state index is 13.2. The normalized spacial score (nSPS) is 14.1. The number of hydrogen-bond acceptors (Lipinski definition) is 5. The highest BCUT2D eigenvalue weighted by Gasteiger charge is 2.28. The molecule has 0 atom stereocenters. The van der Waals surface area contributed by atoms with Gasteiger partial charge in [0.1, 0.15) is 0 Å². The first kappa shape index (κ1) is 22.0. The zero-order valence-electron chi connectivity index (χ0n) is 17.6. The molecule has 0 saturated heterocycles. The van der Waals surface area contributed by atoms with Crippen LogP contribution in [0.3, 0.4) is 0 Å². The van der Waals surface area contributed by atoms with Crippen molar-refractivity contribution in [2.75, 3.05) is 41.8 Å². The van der Waals surface area contributed by atoms with E-state index in [1.54, 1.807) is 23.1 Å². The average molecular weight is 433 g/mol. The molecule has 0 aromatic heterocycles. The number of benzene rings is 2. The second kappa shape index (κ2) is 9.38. The summed E-state index contributed by atoms with van der Waals surface area (Å²) in [5.74, 6) is 1.17. The third kappa shape index (κ3) is 4.87. The van der Waals surface area contributed by atoms with Crippen molar-refractivity contribution < 1.29 is 22.7 Å². The van der Waals surface area contributed by atoms with Crippen molar-refractivity contribution in [1.82, 2.24) is 0 Å². The number of para-hydroxylation sites is 2. The van der Waals surface area contributed by atoms with E-state index in [0.717, 1.165) is 5.56 Å². The van der Waals surface area contributed by atoms with Gasteiger partial charge in [-0.1, -0.05) is 18.2 Å². The first-order chi connectivity index (χ1) is 14.3. The van der Waals surface area contributed by atoms with Gasteiger partial charge in [-0.05, 0) is 50.1 Å². The Balaban J connectivity index is 1.88. The first-order valence-corrected chi connectivity index (χ1v) is 12.0. The van der Waals surface area contributed by atoms with Crippen LogP contribution in [0.15, 0.2) is 42.5 Å². The number of carbonyl (C=O) groups excluding carboxylic acids is 1. The van der Waals surface area contributed by atoms with Gasteiger partial charge in [0, 0.05) is 13.1 Å². The number of fused-ring (bicyclic) bond motifs is 1. The molecular weight excluding hydrogens is 404 g/mol. The molecule has 0 N–H and O–H groups in total. The maximum atomic E-state index is 13.2. The minimum atomic E-state index is -3.43. The van der Waals surface area contributed by atoms with Crippen LogP contribution >= 0.6 is 0 Å². The van der Waals surface area contributed by atoms with E-state index in [1.807, 2.05) is 38.1 Å². The Kier molecular flexibility index (Phi) is 6.87. The quantitative estimate of drug-likeness (QED) is 0.671. The van der Waals surface area contributed by atoms with Crippen molar-refractivity contribution in [3.05, 3.63) is 48.0 Å². The van der Waals surface area contributed by atoms with Crippen LogP contribution in [0.4, 0.5) is 11.4 Å². The molecule has 1 aliphatic heterocycles. The monoisotopic (exact) mass is 432 g/mol. The molecule has 1 aliphatic rings. The fourth-order valence-corrected chi connectivity index (χ4v) is 4.57. The van der Waals surface area contributed by atoms with Gasteiger partial charge in [0.15, 0.2) is 11.5 Å². The largest absolute Gasteiger partial charge is 0.490 e. The van der Waals surface area contributed by atoms with Crippen LogP contribution in [0, 0.1) is 0 Å². The SMILES string of the molecule is CCOc1ccc(CC(=O)N2CCCN(S(C)(=O)=O)c3ccccc32)cc1OCC. The molecule has 8 heteroatoms. The molecule has 2 aromatic rings. The smallest absolute Gasteiger partial charge is 0.232 e. The Labute approximate surface area is 178 Å². The summed E-state index contributed by atoms with van der Waals surface area (Å²) in [5.41, 5.74) is 1.96. The zero-order chi connectivity index (χ0) is 21.7. The third-order valence-corrected chi connectivity index (χ3v) is 6.03. The minimum Gasteiger partial charge on any atom is -0.490 e. The minimum absolute atomic E-state index is 0.0931. The molecular formula is C22H28N2O5S. The van der Waals surface area contributed by atoms with Gasteiger partial charge in [-0.2, -0.15) is 0 Å². The molecule has 7 nitrogen and oxygen atoms in total. The number of rotatable bonds is 7. The predicted molar refractivity (Wildman–Crippen MR) is 118 cm³/mol. The molecule has 162 valence electrons. The number of carbonyl (C=O) groups is 1. The number of ether oxygens (including phenoxy) is 2. The summed E-state index contributed by atoms with van der Waals surface area (Å²) in [7, 11) is -3.43. The van der Waals surface area contributed by atoms with Crippen LogP contribution in [0.2, 0.25) is 0 Å². The van der Waals surface area contributed by atoms with Gasteiger partial charge in [0.05, 0.1) is 37.3 Å². The highest BCUT2D eigenvalue weighted by Crippen LogP contribution is 2.34. The molecule has 0 spiro atoms. The fraction of sp³-hybridized carbons (Fsp3) is 0.409. The van der Waals surface area contributed by atoms with Crippen LogP contribution in [0.1, 0.15) is 25.8 Å². The molecule has 0 aliphatic carbocycles. The second-order valence-electron chi connectivity index (χ2n) is 7.05. The van der Waals surface area contributed by atoms with E-state index in [4.69, 9.17) is 9.47 Å². The van der Waals surface area contributed by atoms with Gasteiger partial charge in [-0.25, -0.2) is 8.42 Å². The maximum Gasteiger partial charge on any atom is 0.232 e. The molecule has 1 heterocycles. The molecule has 0 radical (unpaired) electrons. The summed E-state index contributed by atoms with van der Waals surface area (Å²) >= 11 is 0. The van der Waals surface area contributed by atoms with E-state index in [2.05, 4.69) is 0 Å². The number of anilines is 2. The van der Waals surface area contributed by atoms with Crippen molar-refractivity contribution in [3.8, 4) is 11.5 Å². The van der Waals surface area contributed by atoms with Crippen molar-refractivity contribution >= 4 is 27.3 Å². The number of nitrogens with zero attached hydrogens (tertiary/aromatic N) is 2. The van der Waals surface area contributed by atoms with Gasteiger partial charge < -0.3 is 14.4 Å². The van der Waals surface area contributed by atoms with Crippen LogP contribution in [0.5, 0.6) is 11.5 Å². The lowest BCUT2D eigenvalue weighted by Gasteiger charge is -2.25. The lowest BCUT2D eigenvalue weighted by molar-refractivity contribution is -0.118. The lowest BCUT2D eigenvalue weighted by atomic mass is 10.1. The van der Waals surface area contributed by atoms with Crippen LogP contribution in [-0.4, -0.2) is 46.9 Å². The van der Waals surface area contributed by atoms with Crippen molar-refractivity contribution in [2.45, 2.75) is 26.7 Å². The van der Waals surface area contributed by atoms with Gasteiger partial charge in [0.2, 0.25) is 15.9 Å². The Bertz CT molecular complexity index is 1010.